The van der Waals surface area contributed by atoms with Crippen molar-refractivity contribution in [2.75, 3.05) is 0 Å². The first-order valence-electron chi connectivity index (χ1n) is 6.63. The van der Waals surface area contributed by atoms with Crippen molar-refractivity contribution in [3.8, 4) is 5.69 Å². The molecule has 0 saturated carbocycles. The maximum atomic E-state index is 5.84. The SMILES string of the molecule is Cc1ccc(C(N)=S)c(-n2cnc3c2CCCC3)c1. The van der Waals surface area contributed by atoms with E-state index in [0.717, 1.165) is 24.1 Å². The smallest absolute Gasteiger partial charge is 0.106 e. The lowest BCUT2D eigenvalue weighted by Gasteiger charge is -2.16. The molecule has 0 bridgehead atoms. The number of nitrogens with zero attached hydrogens (tertiary/aromatic N) is 2. The number of aryl methyl sites for hydroxylation is 2. The van der Waals surface area contributed by atoms with E-state index >= 15 is 0 Å². The van der Waals surface area contributed by atoms with Crippen LogP contribution in [0, 0.1) is 6.92 Å². The van der Waals surface area contributed by atoms with Crippen molar-refractivity contribution in [1.29, 1.82) is 0 Å². The molecular formula is C15H17N3S. The van der Waals surface area contributed by atoms with Gasteiger partial charge in [-0.2, -0.15) is 0 Å². The lowest BCUT2D eigenvalue weighted by molar-refractivity contribution is 0.656. The summed E-state index contributed by atoms with van der Waals surface area (Å²) in [4.78, 5) is 4.98. The molecule has 0 saturated heterocycles. The van der Waals surface area contributed by atoms with E-state index in [4.69, 9.17) is 18.0 Å². The Balaban J connectivity index is 2.19. The Bertz CT molecular complexity index is 643. The van der Waals surface area contributed by atoms with Crippen molar-refractivity contribution in [3.05, 3.63) is 47.0 Å². The molecular weight excluding hydrogens is 254 g/mol. The molecule has 0 fully saturated rings. The van der Waals surface area contributed by atoms with E-state index in [2.05, 4.69) is 22.5 Å². The first kappa shape index (κ1) is 12.4. The Morgan fingerprint density at radius 1 is 1.32 bits per heavy atom. The fourth-order valence-corrected chi connectivity index (χ4v) is 2.90. The summed E-state index contributed by atoms with van der Waals surface area (Å²) in [6.45, 7) is 2.08. The van der Waals surface area contributed by atoms with Gasteiger partial charge in [0.2, 0.25) is 0 Å². The molecule has 0 radical (unpaired) electrons. The lowest BCUT2D eigenvalue weighted by atomic mass is 10.0. The van der Waals surface area contributed by atoms with Crippen molar-refractivity contribution >= 4 is 17.2 Å². The molecule has 3 rings (SSSR count). The molecule has 98 valence electrons. The van der Waals surface area contributed by atoms with E-state index in [9.17, 15) is 0 Å². The molecule has 0 unspecified atom stereocenters. The van der Waals surface area contributed by atoms with Crippen LogP contribution < -0.4 is 5.73 Å². The van der Waals surface area contributed by atoms with Gasteiger partial charge in [0, 0.05) is 11.3 Å². The molecule has 2 aromatic rings. The van der Waals surface area contributed by atoms with E-state index in [1.54, 1.807) is 0 Å². The summed E-state index contributed by atoms with van der Waals surface area (Å²) in [6, 6.07) is 6.18. The van der Waals surface area contributed by atoms with E-state index in [-0.39, 0.29) is 0 Å². The van der Waals surface area contributed by atoms with Gasteiger partial charge in [0.1, 0.15) is 4.99 Å². The minimum Gasteiger partial charge on any atom is -0.389 e. The number of hydrogen-bond acceptors (Lipinski definition) is 2. The third kappa shape index (κ3) is 2.16. The molecule has 19 heavy (non-hydrogen) atoms. The van der Waals surface area contributed by atoms with Crippen LogP contribution in [-0.2, 0) is 12.8 Å². The molecule has 1 aromatic carbocycles. The Morgan fingerprint density at radius 3 is 2.89 bits per heavy atom. The number of rotatable bonds is 2. The summed E-state index contributed by atoms with van der Waals surface area (Å²) in [5, 5.41) is 0. The predicted octanol–water partition coefficient (Wildman–Crippen LogP) is 2.69. The van der Waals surface area contributed by atoms with E-state index in [1.807, 2.05) is 18.5 Å². The van der Waals surface area contributed by atoms with Crippen molar-refractivity contribution in [2.45, 2.75) is 32.6 Å². The molecule has 1 aromatic heterocycles. The number of aromatic nitrogens is 2. The van der Waals surface area contributed by atoms with E-state index in [1.165, 1.54) is 29.8 Å². The van der Waals surface area contributed by atoms with Crippen LogP contribution in [-0.4, -0.2) is 14.5 Å². The predicted molar refractivity (Wildman–Crippen MR) is 80.8 cm³/mol. The largest absolute Gasteiger partial charge is 0.389 e. The fraction of sp³-hybridized carbons (Fsp3) is 0.333. The fourth-order valence-electron chi connectivity index (χ4n) is 2.73. The second-order valence-corrected chi connectivity index (χ2v) is 5.54. The molecule has 4 heteroatoms. The molecule has 0 aliphatic heterocycles. The molecule has 3 nitrogen and oxygen atoms in total. The average molecular weight is 271 g/mol. The van der Waals surface area contributed by atoms with Crippen LogP contribution in [0.15, 0.2) is 24.5 Å². The zero-order chi connectivity index (χ0) is 13.4. The number of fused-ring (bicyclic) bond motifs is 1. The number of nitrogens with two attached hydrogens (primary N) is 1. The Labute approximate surface area is 118 Å². The number of benzene rings is 1. The van der Waals surface area contributed by atoms with Gasteiger partial charge in [-0.25, -0.2) is 4.98 Å². The Morgan fingerprint density at radius 2 is 2.11 bits per heavy atom. The first-order chi connectivity index (χ1) is 9.16. The topological polar surface area (TPSA) is 43.8 Å². The molecule has 1 aliphatic rings. The Hall–Kier alpha value is -1.68. The second kappa shape index (κ2) is 4.78. The summed E-state index contributed by atoms with van der Waals surface area (Å²) in [7, 11) is 0. The Kier molecular flexibility index (Phi) is 3.11. The van der Waals surface area contributed by atoms with Gasteiger partial charge >= 0.3 is 0 Å². The van der Waals surface area contributed by atoms with Crippen LogP contribution in [0.2, 0.25) is 0 Å². The maximum Gasteiger partial charge on any atom is 0.106 e. The summed E-state index contributed by atoms with van der Waals surface area (Å²) < 4.78 is 2.16. The summed E-state index contributed by atoms with van der Waals surface area (Å²) in [5.74, 6) is 0. The molecule has 0 spiro atoms. The third-order valence-electron chi connectivity index (χ3n) is 3.71. The average Bonchev–Trinajstić information content (AvgIpc) is 2.82. The summed E-state index contributed by atoms with van der Waals surface area (Å²) in [6.07, 6.45) is 6.54. The van der Waals surface area contributed by atoms with Crippen LogP contribution >= 0.6 is 12.2 Å². The second-order valence-electron chi connectivity index (χ2n) is 5.10. The number of thiocarbonyl (C=S) groups is 1. The molecule has 0 atom stereocenters. The molecule has 1 aliphatic carbocycles. The van der Waals surface area contributed by atoms with Gasteiger partial charge in [0.15, 0.2) is 0 Å². The van der Waals surface area contributed by atoms with Gasteiger partial charge in [0.25, 0.3) is 0 Å². The minimum atomic E-state index is 0.438. The number of hydrogen-bond donors (Lipinski definition) is 1. The highest BCUT2D eigenvalue weighted by molar-refractivity contribution is 7.80. The van der Waals surface area contributed by atoms with E-state index in [0.29, 0.717) is 4.99 Å². The van der Waals surface area contributed by atoms with Gasteiger partial charge in [0.05, 0.1) is 17.7 Å². The highest BCUT2D eigenvalue weighted by Crippen LogP contribution is 2.25. The van der Waals surface area contributed by atoms with Crippen LogP contribution in [0.1, 0.15) is 35.4 Å². The van der Waals surface area contributed by atoms with Crippen molar-refractivity contribution in [1.82, 2.24) is 9.55 Å². The normalized spacial score (nSPS) is 14.2. The van der Waals surface area contributed by atoms with E-state index < -0.39 is 0 Å². The lowest BCUT2D eigenvalue weighted by Crippen LogP contribution is -2.15. The van der Waals surface area contributed by atoms with Crippen molar-refractivity contribution < 1.29 is 0 Å². The highest BCUT2D eigenvalue weighted by atomic mass is 32.1. The van der Waals surface area contributed by atoms with Crippen molar-refractivity contribution in [2.24, 2.45) is 5.73 Å². The third-order valence-corrected chi connectivity index (χ3v) is 3.93. The van der Waals surface area contributed by atoms with Crippen LogP contribution in [0.25, 0.3) is 5.69 Å². The van der Waals surface area contributed by atoms with Gasteiger partial charge in [-0.05, 0) is 50.3 Å². The monoisotopic (exact) mass is 271 g/mol. The minimum absolute atomic E-state index is 0.438. The summed E-state index contributed by atoms with van der Waals surface area (Å²) in [5.41, 5.74) is 11.6. The molecule has 2 N–H and O–H groups in total. The van der Waals surface area contributed by atoms with Gasteiger partial charge in [-0.15, -0.1) is 0 Å². The summed E-state index contributed by atoms with van der Waals surface area (Å²) >= 11 is 5.17. The standard InChI is InChI=1S/C15H17N3S/c1-10-6-7-11(15(16)19)14(8-10)18-9-17-12-4-2-3-5-13(12)18/h6-9H,2-5H2,1H3,(H2,16,19). The maximum absolute atomic E-state index is 5.84. The van der Waals surface area contributed by atoms with Crippen molar-refractivity contribution in [3.63, 3.8) is 0 Å². The van der Waals surface area contributed by atoms with Gasteiger partial charge in [-0.3, -0.25) is 0 Å². The quantitative estimate of drug-likeness (QED) is 0.854. The molecule has 0 amide bonds. The number of imidazole rings is 1. The van der Waals surface area contributed by atoms with Gasteiger partial charge in [-0.1, -0.05) is 18.3 Å². The zero-order valence-electron chi connectivity index (χ0n) is 11.0. The first-order valence-corrected chi connectivity index (χ1v) is 7.03. The van der Waals surface area contributed by atoms with Crippen LogP contribution in [0.3, 0.4) is 0 Å². The van der Waals surface area contributed by atoms with Gasteiger partial charge < -0.3 is 10.3 Å². The van der Waals surface area contributed by atoms with Crippen LogP contribution in [0.5, 0.6) is 0 Å². The zero-order valence-corrected chi connectivity index (χ0v) is 11.8. The highest BCUT2D eigenvalue weighted by Gasteiger charge is 2.18. The molecule has 1 heterocycles. The van der Waals surface area contributed by atoms with Crippen LogP contribution in [0.4, 0.5) is 0 Å².